The van der Waals surface area contributed by atoms with Gasteiger partial charge in [-0.3, -0.25) is 0 Å². The lowest BCUT2D eigenvalue weighted by molar-refractivity contribution is 0.0697. The van der Waals surface area contributed by atoms with Gasteiger partial charge in [0, 0.05) is 30.9 Å². The molecule has 6 nitrogen and oxygen atoms in total. The lowest BCUT2D eigenvalue weighted by Gasteiger charge is -2.12. The maximum absolute atomic E-state index is 11.7. The second kappa shape index (κ2) is 16.1. The minimum absolute atomic E-state index is 0.307. The number of carboxylic acids is 1. The van der Waals surface area contributed by atoms with E-state index in [2.05, 4.69) is 132 Å². The number of carboxylic acid groups (broad SMARTS) is 1. The van der Waals surface area contributed by atoms with Gasteiger partial charge in [0.2, 0.25) is 0 Å². The van der Waals surface area contributed by atoms with E-state index in [-0.39, 0.29) is 0 Å². The highest BCUT2D eigenvalue weighted by Gasteiger charge is 2.18. The molecule has 0 aliphatic rings. The first-order valence-corrected chi connectivity index (χ1v) is 19.4. The molecule has 0 aliphatic carbocycles. The van der Waals surface area contributed by atoms with Crippen LogP contribution in [0.2, 0.25) is 0 Å². The highest BCUT2D eigenvalue weighted by molar-refractivity contribution is 9.08. The van der Waals surface area contributed by atoms with Crippen molar-refractivity contribution in [2.24, 2.45) is 7.05 Å². The molecule has 8 aromatic rings. The van der Waals surface area contributed by atoms with Crippen LogP contribution >= 0.6 is 15.9 Å². The Morgan fingerprint density at radius 1 is 0.685 bits per heavy atom. The molecule has 7 heteroatoms. The summed E-state index contributed by atoms with van der Waals surface area (Å²) < 4.78 is 4.47. The third-order valence-corrected chi connectivity index (χ3v) is 10.6. The number of para-hydroxylation sites is 2. The molecule has 54 heavy (non-hydrogen) atoms. The van der Waals surface area contributed by atoms with Crippen molar-refractivity contribution in [3.05, 3.63) is 167 Å². The van der Waals surface area contributed by atoms with Crippen LogP contribution < -0.4 is 0 Å². The van der Waals surface area contributed by atoms with E-state index in [4.69, 9.17) is 9.97 Å². The van der Waals surface area contributed by atoms with Crippen molar-refractivity contribution in [1.29, 1.82) is 0 Å². The number of aryl methyl sites for hydroxylation is 4. The van der Waals surface area contributed by atoms with Gasteiger partial charge in [-0.25, -0.2) is 14.8 Å². The summed E-state index contributed by atoms with van der Waals surface area (Å²) in [7, 11) is 2.06. The molecule has 0 aliphatic heterocycles. The quantitative estimate of drug-likeness (QED) is 0.148. The van der Waals surface area contributed by atoms with Crippen molar-refractivity contribution in [2.75, 3.05) is 0 Å². The van der Waals surface area contributed by atoms with Crippen molar-refractivity contribution in [1.82, 2.24) is 19.1 Å². The number of hydrogen-bond donors (Lipinski definition) is 1. The average molecular weight is 776 g/mol. The molecule has 0 fully saturated rings. The lowest BCUT2D eigenvalue weighted by atomic mass is 9.98. The summed E-state index contributed by atoms with van der Waals surface area (Å²) in [6, 6.07) is 45.1. The molecule has 0 radical (unpaired) electrons. The summed E-state index contributed by atoms with van der Waals surface area (Å²) in [5.41, 5.74) is 14.7. The zero-order valence-electron chi connectivity index (χ0n) is 31.1. The van der Waals surface area contributed by atoms with Gasteiger partial charge < -0.3 is 14.2 Å². The highest BCUT2D eigenvalue weighted by Crippen LogP contribution is 2.31. The Labute approximate surface area is 324 Å². The van der Waals surface area contributed by atoms with E-state index in [1.807, 2.05) is 42.5 Å². The van der Waals surface area contributed by atoms with Crippen LogP contribution in [0.15, 0.2) is 133 Å². The zero-order chi connectivity index (χ0) is 37.8. The summed E-state index contributed by atoms with van der Waals surface area (Å²) in [6.45, 7) is 7.12. The van der Waals surface area contributed by atoms with Crippen LogP contribution in [0.1, 0.15) is 51.8 Å². The van der Waals surface area contributed by atoms with Crippen LogP contribution in [0, 0.1) is 13.8 Å². The first kappa shape index (κ1) is 36.6. The second-order valence-corrected chi connectivity index (χ2v) is 14.3. The summed E-state index contributed by atoms with van der Waals surface area (Å²) in [6.07, 6.45) is 1.89. The van der Waals surface area contributed by atoms with Gasteiger partial charge in [0.05, 0.1) is 27.6 Å². The minimum Gasteiger partial charge on any atom is -0.478 e. The average Bonchev–Trinajstić information content (AvgIpc) is 3.72. The van der Waals surface area contributed by atoms with Crippen LogP contribution in [-0.2, 0) is 25.3 Å². The van der Waals surface area contributed by atoms with Gasteiger partial charge in [-0.15, -0.1) is 0 Å². The molecule has 0 amide bonds. The Morgan fingerprint density at radius 3 is 1.98 bits per heavy atom. The number of aromatic nitrogens is 4. The van der Waals surface area contributed by atoms with E-state index in [9.17, 15) is 9.90 Å². The lowest BCUT2D eigenvalue weighted by Crippen LogP contribution is -2.05. The standard InChI is InChI=1S/C33H30N4O2.C14H13Br/c1-4-9-30-35-31-21(2)18-24(32-34-27-12-7-8-13-28(27)36(32)3)19-29(31)37(30)20-22-14-16-23(17-15-22)25-10-5-6-11-26(25)33(38)39;1-11-4-2-3-5-14(11)13-8-6-12(10-15)7-9-13/h5-8,10-19H,4,9,20H2,1-3H3,(H,38,39);2-9H,10H2,1H3. The molecule has 0 saturated carbocycles. The number of carbonyl (C=O) groups is 1. The third kappa shape index (κ3) is 7.50. The van der Waals surface area contributed by atoms with E-state index in [1.165, 1.54) is 22.3 Å². The van der Waals surface area contributed by atoms with E-state index in [0.29, 0.717) is 12.1 Å². The van der Waals surface area contributed by atoms with Gasteiger partial charge >= 0.3 is 5.97 Å². The normalized spacial score (nSPS) is 11.1. The van der Waals surface area contributed by atoms with E-state index in [0.717, 1.165) is 79.7 Å². The van der Waals surface area contributed by atoms with Crippen LogP contribution in [-0.4, -0.2) is 30.2 Å². The number of benzene rings is 6. The van der Waals surface area contributed by atoms with Gasteiger partial charge in [0.1, 0.15) is 11.6 Å². The molecule has 2 heterocycles. The molecule has 270 valence electrons. The van der Waals surface area contributed by atoms with Crippen LogP contribution in [0.25, 0.3) is 55.7 Å². The molecule has 0 unspecified atom stereocenters. The number of rotatable bonds is 9. The highest BCUT2D eigenvalue weighted by atomic mass is 79.9. The predicted octanol–water partition coefficient (Wildman–Crippen LogP) is 11.8. The van der Waals surface area contributed by atoms with Gasteiger partial charge in [0.15, 0.2) is 0 Å². The fourth-order valence-electron chi connectivity index (χ4n) is 7.13. The molecule has 6 aromatic carbocycles. The fourth-order valence-corrected chi connectivity index (χ4v) is 7.50. The minimum atomic E-state index is -0.921. The Balaban J connectivity index is 0.000000251. The Hall–Kier alpha value is -5.79. The smallest absolute Gasteiger partial charge is 0.336 e. The number of imidazole rings is 2. The van der Waals surface area contributed by atoms with Crippen molar-refractivity contribution >= 4 is 44.0 Å². The van der Waals surface area contributed by atoms with E-state index in [1.54, 1.807) is 12.1 Å². The Bertz CT molecular complexity index is 2580. The molecular formula is C47H43BrN4O2. The Morgan fingerprint density at radius 2 is 1.31 bits per heavy atom. The van der Waals surface area contributed by atoms with E-state index < -0.39 is 5.97 Å². The SMILES string of the molecule is CCCc1nc2c(C)cc(-c3nc4ccccc4n3C)cc2n1Cc1ccc(-c2ccccc2C(=O)O)cc1.Cc1ccccc1-c1ccc(CBr)cc1. The molecule has 2 aromatic heterocycles. The number of aromatic carboxylic acids is 1. The summed E-state index contributed by atoms with van der Waals surface area (Å²) in [5.74, 6) is 1.08. The van der Waals surface area contributed by atoms with Crippen molar-refractivity contribution in [3.63, 3.8) is 0 Å². The first-order valence-electron chi connectivity index (χ1n) is 18.3. The first-order chi connectivity index (χ1) is 26.2. The van der Waals surface area contributed by atoms with Crippen LogP contribution in [0.4, 0.5) is 0 Å². The van der Waals surface area contributed by atoms with Crippen molar-refractivity contribution in [3.8, 4) is 33.6 Å². The van der Waals surface area contributed by atoms with Gasteiger partial charge in [-0.1, -0.05) is 126 Å². The van der Waals surface area contributed by atoms with Crippen molar-refractivity contribution < 1.29 is 9.90 Å². The molecule has 8 rings (SSSR count). The molecule has 0 saturated heterocycles. The molecular weight excluding hydrogens is 732 g/mol. The molecule has 0 spiro atoms. The monoisotopic (exact) mass is 774 g/mol. The molecule has 1 N–H and O–H groups in total. The number of halogens is 1. The molecule has 0 bridgehead atoms. The number of hydrogen-bond acceptors (Lipinski definition) is 3. The van der Waals surface area contributed by atoms with Gasteiger partial charge in [-0.2, -0.15) is 0 Å². The maximum atomic E-state index is 11.7. The van der Waals surface area contributed by atoms with Gasteiger partial charge in [-0.05, 0) is 95.1 Å². The number of nitrogens with zero attached hydrogens (tertiary/aromatic N) is 4. The van der Waals surface area contributed by atoms with Crippen LogP contribution in [0.3, 0.4) is 0 Å². The summed E-state index contributed by atoms with van der Waals surface area (Å²) >= 11 is 3.45. The number of fused-ring (bicyclic) bond motifs is 2. The zero-order valence-corrected chi connectivity index (χ0v) is 32.6. The largest absolute Gasteiger partial charge is 0.478 e. The topological polar surface area (TPSA) is 72.9 Å². The predicted molar refractivity (Wildman–Crippen MR) is 225 cm³/mol. The number of alkyl halides is 1. The molecule has 0 atom stereocenters. The van der Waals surface area contributed by atoms with Crippen molar-refractivity contribution in [2.45, 2.75) is 45.5 Å². The van der Waals surface area contributed by atoms with Crippen LogP contribution in [0.5, 0.6) is 0 Å². The third-order valence-electron chi connectivity index (χ3n) is 9.97. The fraction of sp³-hybridized carbons (Fsp3) is 0.170. The second-order valence-electron chi connectivity index (χ2n) is 13.7. The maximum Gasteiger partial charge on any atom is 0.336 e. The summed E-state index contributed by atoms with van der Waals surface area (Å²) in [5, 5.41) is 10.5. The van der Waals surface area contributed by atoms with E-state index >= 15 is 0 Å². The Kier molecular flexibility index (Phi) is 10.9. The van der Waals surface area contributed by atoms with Gasteiger partial charge in [0.25, 0.3) is 0 Å². The summed E-state index contributed by atoms with van der Waals surface area (Å²) in [4.78, 5) is 21.7.